The number of fused-ring (bicyclic) bond motifs is 1. The van der Waals surface area contributed by atoms with Gasteiger partial charge >= 0.3 is 12.1 Å². The Labute approximate surface area is 288 Å². The Morgan fingerprint density at radius 3 is 2.35 bits per heavy atom. The van der Waals surface area contributed by atoms with Crippen molar-refractivity contribution in [2.75, 3.05) is 46.0 Å². The molecule has 1 N–H and O–H groups in total. The number of carbonyl (C=O) groups excluding carboxylic acids is 4. The number of unbranched alkanes of at least 4 members (excludes halogenated alkanes) is 1. The molecule has 0 aliphatic carbocycles. The third-order valence-corrected chi connectivity index (χ3v) is 7.76. The lowest BCUT2D eigenvalue weighted by atomic mass is 10.1. The third-order valence-electron chi connectivity index (χ3n) is 7.76. The van der Waals surface area contributed by atoms with Gasteiger partial charge in [0, 0.05) is 44.2 Å². The van der Waals surface area contributed by atoms with Gasteiger partial charge in [0.25, 0.3) is 5.91 Å². The number of carbonyl (C=O) groups is 4. The molecule has 1 aliphatic heterocycles. The molecule has 264 valence electrons. The quantitative estimate of drug-likeness (QED) is 0.184. The topological polar surface area (TPSA) is 137 Å². The van der Waals surface area contributed by atoms with Crippen molar-refractivity contribution in [2.45, 2.75) is 72.1 Å². The van der Waals surface area contributed by atoms with E-state index in [0.29, 0.717) is 50.3 Å². The van der Waals surface area contributed by atoms with E-state index < -0.39 is 23.5 Å². The summed E-state index contributed by atoms with van der Waals surface area (Å²) in [7, 11) is 0. The summed E-state index contributed by atoms with van der Waals surface area (Å²) in [5.41, 5.74) is 1.77. The molecule has 2 heterocycles. The maximum absolute atomic E-state index is 13.9. The number of aromatic nitrogens is 1. The van der Waals surface area contributed by atoms with Crippen LogP contribution in [0.1, 0.15) is 68.6 Å². The van der Waals surface area contributed by atoms with Gasteiger partial charge in [-0.25, -0.2) is 14.6 Å². The minimum Gasteiger partial charge on any atom is -0.481 e. The van der Waals surface area contributed by atoms with Crippen LogP contribution in [0, 0.1) is 6.92 Å². The van der Waals surface area contributed by atoms with Crippen LogP contribution in [-0.4, -0.2) is 96.3 Å². The van der Waals surface area contributed by atoms with Crippen LogP contribution in [0.3, 0.4) is 0 Å². The number of nitrogens with one attached hydrogen (secondary N) is 1. The summed E-state index contributed by atoms with van der Waals surface area (Å²) in [6.45, 7) is 11.1. The second-order valence-electron chi connectivity index (χ2n) is 13.0. The number of hydrogen-bond acceptors (Lipinski definition) is 9. The summed E-state index contributed by atoms with van der Waals surface area (Å²) in [6, 6.07) is 15.7. The lowest BCUT2D eigenvalue weighted by Crippen LogP contribution is -2.56. The lowest BCUT2D eigenvalue weighted by Gasteiger charge is -2.36. The van der Waals surface area contributed by atoms with E-state index in [1.165, 1.54) is 6.07 Å². The summed E-state index contributed by atoms with van der Waals surface area (Å²) < 4.78 is 22.4. The third kappa shape index (κ3) is 11.4. The fraction of sp³-hybridized carbons (Fsp3) is 0.486. The molecule has 4 rings (SSSR count). The monoisotopic (exact) mass is 676 g/mol. The highest BCUT2D eigenvalue weighted by Gasteiger charge is 2.31. The summed E-state index contributed by atoms with van der Waals surface area (Å²) in [5, 5.41) is 3.50. The van der Waals surface area contributed by atoms with Crippen LogP contribution in [0.25, 0.3) is 10.9 Å². The van der Waals surface area contributed by atoms with Crippen molar-refractivity contribution in [2.24, 2.45) is 0 Å². The van der Waals surface area contributed by atoms with Crippen molar-refractivity contribution >= 4 is 34.8 Å². The standard InChI is InChI=1S/C37H48N4O8/c1-6-7-20-47-36(45)41-18-16-40(17-19-41)35(44)29(15-21-46-24-27-11-9-8-10-12-27)39-34(43)31-23-32(48-25-33(42)49-37(3,4)5)28-14-13-26(2)22-30(28)38-31/h8-14,22-23,29H,6-7,15-21,24-25H2,1-5H3,(H,39,43). The minimum absolute atomic E-state index is 0.0277. The first-order chi connectivity index (χ1) is 23.4. The largest absolute Gasteiger partial charge is 0.481 e. The van der Waals surface area contributed by atoms with Crippen molar-refractivity contribution in [1.29, 1.82) is 0 Å². The molecule has 0 radical (unpaired) electrons. The summed E-state index contributed by atoms with van der Waals surface area (Å²) >= 11 is 0. The first kappa shape index (κ1) is 37.1. The van der Waals surface area contributed by atoms with E-state index in [9.17, 15) is 19.2 Å². The van der Waals surface area contributed by atoms with Gasteiger partial charge in [0.05, 0.1) is 18.7 Å². The van der Waals surface area contributed by atoms with Crippen LogP contribution < -0.4 is 10.1 Å². The highest BCUT2D eigenvalue weighted by molar-refractivity contribution is 5.99. The van der Waals surface area contributed by atoms with Gasteiger partial charge < -0.3 is 34.1 Å². The van der Waals surface area contributed by atoms with Crippen molar-refractivity contribution < 1.29 is 38.1 Å². The predicted molar refractivity (Wildman–Crippen MR) is 184 cm³/mol. The summed E-state index contributed by atoms with van der Waals surface area (Å²) in [4.78, 5) is 60.3. The van der Waals surface area contributed by atoms with Gasteiger partial charge in [-0.2, -0.15) is 0 Å². The highest BCUT2D eigenvalue weighted by Crippen LogP contribution is 2.27. The lowest BCUT2D eigenvalue weighted by molar-refractivity contribution is -0.157. The molecule has 0 spiro atoms. The Morgan fingerprint density at radius 2 is 1.65 bits per heavy atom. The smallest absolute Gasteiger partial charge is 0.409 e. The van der Waals surface area contributed by atoms with Gasteiger partial charge in [-0.1, -0.05) is 49.7 Å². The van der Waals surface area contributed by atoms with Crippen LogP contribution in [0.4, 0.5) is 4.79 Å². The van der Waals surface area contributed by atoms with Gasteiger partial charge in [0.15, 0.2) is 6.61 Å². The van der Waals surface area contributed by atoms with Gasteiger partial charge in [-0.3, -0.25) is 9.59 Å². The van der Waals surface area contributed by atoms with Crippen LogP contribution in [0.5, 0.6) is 5.75 Å². The molecule has 1 saturated heterocycles. The molecule has 3 amide bonds. The highest BCUT2D eigenvalue weighted by atomic mass is 16.6. The molecule has 0 bridgehead atoms. The van der Waals surface area contributed by atoms with E-state index in [2.05, 4.69) is 10.3 Å². The zero-order valence-electron chi connectivity index (χ0n) is 29.2. The summed E-state index contributed by atoms with van der Waals surface area (Å²) in [5.74, 6) is -1.12. The fourth-order valence-corrected chi connectivity index (χ4v) is 5.23. The number of amides is 3. The number of aryl methyl sites for hydroxylation is 1. The molecule has 1 aliphatic rings. The van der Waals surface area contributed by atoms with Gasteiger partial charge in [0.1, 0.15) is 23.1 Å². The first-order valence-corrected chi connectivity index (χ1v) is 16.8. The Morgan fingerprint density at radius 1 is 0.939 bits per heavy atom. The number of hydrogen-bond donors (Lipinski definition) is 1. The van der Waals surface area contributed by atoms with Gasteiger partial charge in [-0.05, 0) is 63.8 Å². The maximum atomic E-state index is 13.9. The molecule has 12 nitrogen and oxygen atoms in total. The van der Waals surface area contributed by atoms with Crippen LogP contribution >= 0.6 is 0 Å². The van der Waals surface area contributed by atoms with Gasteiger partial charge in [0.2, 0.25) is 5.91 Å². The van der Waals surface area contributed by atoms with Crippen molar-refractivity contribution in [3.05, 3.63) is 71.4 Å². The number of esters is 1. The van der Waals surface area contributed by atoms with Crippen LogP contribution in [0.2, 0.25) is 0 Å². The van der Waals surface area contributed by atoms with E-state index in [4.69, 9.17) is 18.9 Å². The number of ether oxygens (including phenoxy) is 4. The number of benzene rings is 2. The normalized spacial score (nSPS) is 13.9. The van der Waals surface area contributed by atoms with Crippen LogP contribution in [-0.2, 0) is 30.4 Å². The predicted octanol–water partition coefficient (Wildman–Crippen LogP) is 5.05. The van der Waals surface area contributed by atoms with E-state index >= 15 is 0 Å². The average Bonchev–Trinajstić information content (AvgIpc) is 3.07. The van der Waals surface area contributed by atoms with E-state index in [1.807, 2.05) is 62.4 Å². The number of nitrogens with zero attached hydrogens (tertiary/aromatic N) is 3. The van der Waals surface area contributed by atoms with E-state index in [0.717, 1.165) is 24.0 Å². The zero-order chi connectivity index (χ0) is 35.4. The van der Waals surface area contributed by atoms with Crippen LogP contribution in [0.15, 0.2) is 54.6 Å². The van der Waals surface area contributed by atoms with Crippen molar-refractivity contribution in [3.63, 3.8) is 0 Å². The number of piperazine rings is 1. The molecule has 3 aromatic rings. The first-order valence-electron chi connectivity index (χ1n) is 16.8. The Hall–Kier alpha value is -4.71. The maximum Gasteiger partial charge on any atom is 0.409 e. The molecule has 0 saturated carbocycles. The molecule has 12 heteroatoms. The number of pyridine rings is 1. The molecule has 2 aromatic carbocycles. The Balaban J connectivity index is 1.49. The zero-order valence-corrected chi connectivity index (χ0v) is 29.2. The Bertz CT molecular complexity index is 1580. The fourth-order valence-electron chi connectivity index (χ4n) is 5.23. The molecular formula is C37H48N4O8. The van der Waals surface area contributed by atoms with Crippen molar-refractivity contribution in [3.8, 4) is 5.75 Å². The van der Waals surface area contributed by atoms with Crippen molar-refractivity contribution in [1.82, 2.24) is 20.1 Å². The summed E-state index contributed by atoms with van der Waals surface area (Å²) in [6.07, 6.45) is 1.54. The molecule has 1 unspecified atom stereocenters. The molecule has 1 aromatic heterocycles. The SMILES string of the molecule is CCCCOC(=O)N1CCN(C(=O)C(CCOCc2ccccc2)NC(=O)c2cc(OCC(=O)OC(C)(C)C)c3ccc(C)cc3n2)CC1. The Kier molecular flexibility index (Phi) is 13.3. The molecule has 1 atom stereocenters. The van der Waals surface area contributed by atoms with Gasteiger partial charge in [-0.15, -0.1) is 0 Å². The second-order valence-corrected chi connectivity index (χ2v) is 13.0. The van der Waals surface area contributed by atoms with E-state index in [1.54, 1.807) is 30.6 Å². The van der Waals surface area contributed by atoms with E-state index in [-0.39, 0.29) is 43.1 Å². The second kappa shape index (κ2) is 17.6. The average molecular weight is 677 g/mol. The molecular weight excluding hydrogens is 628 g/mol. The minimum atomic E-state index is -0.924. The number of rotatable bonds is 14. The molecule has 1 fully saturated rings. The molecule has 49 heavy (non-hydrogen) atoms.